The van der Waals surface area contributed by atoms with Crippen LogP contribution < -0.4 is 21.9 Å². The van der Waals surface area contributed by atoms with Gasteiger partial charge in [-0.15, -0.1) is 0 Å². The second-order valence-electron chi connectivity index (χ2n) is 7.41. The van der Waals surface area contributed by atoms with Crippen molar-refractivity contribution in [2.45, 2.75) is 13.3 Å². The third kappa shape index (κ3) is 4.59. The van der Waals surface area contributed by atoms with E-state index < -0.39 is 17.2 Å². The van der Waals surface area contributed by atoms with Gasteiger partial charge in [0.25, 0.3) is 11.5 Å². The Morgan fingerprint density at radius 3 is 2.42 bits per heavy atom. The number of carbonyl (C=O) groups is 2. The molecule has 0 aliphatic heterocycles. The van der Waals surface area contributed by atoms with Gasteiger partial charge in [-0.05, 0) is 48.4 Å². The van der Waals surface area contributed by atoms with Crippen LogP contribution in [-0.4, -0.2) is 27.9 Å². The van der Waals surface area contributed by atoms with Crippen molar-refractivity contribution in [1.29, 1.82) is 0 Å². The fourth-order valence-electron chi connectivity index (χ4n) is 3.58. The maximum absolute atomic E-state index is 12.9. The van der Waals surface area contributed by atoms with Crippen LogP contribution in [0.1, 0.15) is 22.8 Å². The molecule has 0 unspecified atom stereocenters. The number of aromatic amines is 1. The first kappa shape index (κ1) is 21.8. The van der Waals surface area contributed by atoms with Crippen molar-refractivity contribution in [3.63, 3.8) is 0 Å². The van der Waals surface area contributed by atoms with Crippen LogP contribution >= 0.6 is 0 Å². The molecule has 1 aromatic heterocycles. The third-order valence-electron chi connectivity index (χ3n) is 5.26. The van der Waals surface area contributed by atoms with Gasteiger partial charge >= 0.3 is 5.69 Å². The van der Waals surface area contributed by atoms with Crippen LogP contribution in [0.5, 0.6) is 0 Å². The second kappa shape index (κ2) is 9.35. The van der Waals surface area contributed by atoms with E-state index in [0.29, 0.717) is 11.4 Å². The van der Waals surface area contributed by atoms with Crippen LogP contribution in [0, 0.1) is 0 Å². The molecule has 166 valence electrons. The van der Waals surface area contributed by atoms with Gasteiger partial charge in [-0.25, -0.2) is 9.36 Å². The van der Waals surface area contributed by atoms with Gasteiger partial charge in [-0.3, -0.25) is 14.4 Å². The number of nitrogens with one attached hydrogen (secondary N) is 3. The summed E-state index contributed by atoms with van der Waals surface area (Å²) in [6, 6.07) is 20.4. The summed E-state index contributed by atoms with van der Waals surface area (Å²) in [5.41, 5.74) is 1.52. The van der Waals surface area contributed by atoms with Gasteiger partial charge in [0.15, 0.2) is 0 Å². The average Bonchev–Trinajstić information content (AvgIpc) is 2.83. The van der Waals surface area contributed by atoms with E-state index in [1.807, 2.05) is 25.1 Å². The molecule has 0 radical (unpaired) electrons. The van der Waals surface area contributed by atoms with Crippen LogP contribution in [0.3, 0.4) is 0 Å². The van der Waals surface area contributed by atoms with Crippen molar-refractivity contribution in [3.05, 3.63) is 105 Å². The summed E-state index contributed by atoms with van der Waals surface area (Å²) in [4.78, 5) is 52.9. The summed E-state index contributed by atoms with van der Waals surface area (Å²) < 4.78 is 1.04. The van der Waals surface area contributed by atoms with Crippen molar-refractivity contribution in [2.24, 2.45) is 0 Å². The molecule has 0 aliphatic rings. The van der Waals surface area contributed by atoms with Gasteiger partial charge in [-0.2, -0.15) is 0 Å². The number of para-hydroxylation sites is 2. The number of aromatic nitrogens is 2. The van der Waals surface area contributed by atoms with E-state index in [1.165, 1.54) is 18.2 Å². The van der Waals surface area contributed by atoms with E-state index in [0.717, 1.165) is 16.6 Å². The molecule has 4 aromatic rings. The zero-order valence-corrected chi connectivity index (χ0v) is 17.9. The van der Waals surface area contributed by atoms with Crippen molar-refractivity contribution < 1.29 is 9.59 Å². The summed E-state index contributed by atoms with van der Waals surface area (Å²) >= 11 is 0. The van der Waals surface area contributed by atoms with Crippen LogP contribution in [0.2, 0.25) is 0 Å². The Kier molecular flexibility index (Phi) is 6.17. The fraction of sp³-hybridized carbons (Fsp3) is 0.120. The van der Waals surface area contributed by atoms with Crippen LogP contribution in [-0.2, 0) is 11.2 Å². The minimum Gasteiger partial charge on any atom is -0.343 e. The Labute approximate surface area is 188 Å². The number of nitrogens with zero attached hydrogens (tertiary/aromatic N) is 1. The molecule has 0 aliphatic carbocycles. The minimum atomic E-state index is -0.606. The Balaban J connectivity index is 1.52. The van der Waals surface area contributed by atoms with Crippen molar-refractivity contribution in [3.8, 4) is 5.69 Å². The van der Waals surface area contributed by atoms with Gasteiger partial charge in [-0.1, -0.05) is 43.3 Å². The maximum Gasteiger partial charge on any atom is 0.333 e. The summed E-state index contributed by atoms with van der Waals surface area (Å²) in [6.45, 7) is 1.77. The predicted octanol–water partition coefficient (Wildman–Crippen LogP) is 2.61. The van der Waals surface area contributed by atoms with Crippen molar-refractivity contribution in [1.82, 2.24) is 14.9 Å². The molecule has 4 rings (SSSR count). The van der Waals surface area contributed by atoms with E-state index in [4.69, 9.17) is 0 Å². The summed E-state index contributed by atoms with van der Waals surface area (Å²) in [7, 11) is 0. The van der Waals surface area contributed by atoms with Gasteiger partial charge < -0.3 is 15.6 Å². The first-order valence-corrected chi connectivity index (χ1v) is 10.5. The zero-order valence-electron chi connectivity index (χ0n) is 17.9. The topological polar surface area (TPSA) is 113 Å². The largest absolute Gasteiger partial charge is 0.343 e. The number of fused-ring (bicyclic) bond motifs is 1. The molecule has 0 saturated carbocycles. The molecule has 0 bridgehead atoms. The number of amides is 2. The molecule has 8 heteroatoms. The van der Waals surface area contributed by atoms with Crippen LogP contribution in [0.25, 0.3) is 16.6 Å². The highest BCUT2D eigenvalue weighted by atomic mass is 16.2. The van der Waals surface area contributed by atoms with Gasteiger partial charge in [0.1, 0.15) is 0 Å². The number of hydrogen-bond donors (Lipinski definition) is 3. The van der Waals surface area contributed by atoms with Crippen molar-refractivity contribution in [2.75, 3.05) is 11.9 Å². The Hall–Kier alpha value is -4.46. The molecule has 0 spiro atoms. The molecule has 33 heavy (non-hydrogen) atoms. The molecule has 1 heterocycles. The molecule has 0 atom stereocenters. The lowest BCUT2D eigenvalue weighted by molar-refractivity contribution is -0.115. The van der Waals surface area contributed by atoms with E-state index in [1.54, 1.807) is 36.4 Å². The SMILES string of the molecule is CCc1ccccc1NC(=O)CNC(=O)c1ccc2c(=O)n(-c3ccccc3)c(=O)[nH]c2c1. The average molecular weight is 442 g/mol. The monoisotopic (exact) mass is 442 g/mol. The lowest BCUT2D eigenvalue weighted by Gasteiger charge is -2.11. The highest BCUT2D eigenvalue weighted by Crippen LogP contribution is 2.15. The van der Waals surface area contributed by atoms with Gasteiger partial charge in [0.05, 0.1) is 23.1 Å². The molecule has 0 fully saturated rings. The lowest BCUT2D eigenvalue weighted by Crippen LogP contribution is -2.34. The fourth-order valence-corrected chi connectivity index (χ4v) is 3.58. The summed E-state index contributed by atoms with van der Waals surface area (Å²) in [5, 5.41) is 5.62. The Bertz CT molecular complexity index is 1450. The number of H-pyrrole nitrogens is 1. The first-order valence-electron chi connectivity index (χ1n) is 10.5. The second-order valence-corrected chi connectivity index (χ2v) is 7.41. The van der Waals surface area contributed by atoms with E-state index >= 15 is 0 Å². The number of aryl methyl sites for hydroxylation is 1. The van der Waals surface area contributed by atoms with Crippen molar-refractivity contribution >= 4 is 28.4 Å². The third-order valence-corrected chi connectivity index (χ3v) is 5.26. The molecular weight excluding hydrogens is 420 g/mol. The number of hydrogen-bond acceptors (Lipinski definition) is 4. The number of benzene rings is 3. The van der Waals surface area contributed by atoms with Crippen LogP contribution in [0.15, 0.2) is 82.4 Å². The quantitative estimate of drug-likeness (QED) is 0.426. The zero-order chi connectivity index (χ0) is 23.4. The van der Waals surface area contributed by atoms with E-state index in [-0.39, 0.29) is 28.9 Å². The Morgan fingerprint density at radius 2 is 1.67 bits per heavy atom. The van der Waals surface area contributed by atoms with E-state index in [2.05, 4.69) is 15.6 Å². The van der Waals surface area contributed by atoms with Crippen LogP contribution in [0.4, 0.5) is 5.69 Å². The van der Waals surface area contributed by atoms with Gasteiger partial charge in [0.2, 0.25) is 5.91 Å². The minimum absolute atomic E-state index is 0.219. The summed E-state index contributed by atoms with van der Waals surface area (Å²) in [5.74, 6) is -0.854. The number of anilines is 1. The molecule has 3 aromatic carbocycles. The smallest absolute Gasteiger partial charge is 0.333 e. The molecule has 0 saturated heterocycles. The molecule has 8 nitrogen and oxygen atoms in total. The lowest BCUT2D eigenvalue weighted by atomic mass is 10.1. The predicted molar refractivity (Wildman–Crippen MR) is 127 cm³/mol. The highest BCUT2D eigenvalue weighted by molar-refractivity contribution is 6.01. The number of carbonyl (C=O) groups excluding carboxylic acids is 2. The first-order chi connectivity index (χ1) is 16.0. The Morgan fingerprint density at radius 1 is 0.939 bits per heavy atom. The maximum atomic E-state index is 12.9. The molecule has 3 N–H and O–H groups in total. The number of rotatable bonds is 6. The van der Waals surface area contributed by atoms with Gasteiger partial charge in [0, 0.05) is 11.3 Å². The normalized spacial score (nSPS) is 10.7. The standard InChI is InChI=1S/C25H22N4O4/c1-2-16-8-6-7-11-20(16)27-22(30)15-26-23(31)17-12-13-19-21(14-17)28-25(33)29(24(19)32)18-9-4-3-5-10-18/h3-14H,2,15H2,1H3,(H,26,31)(H,27,30)(H,28,33). The van der Waals surface area contributed by atoms with E-state index in [9.17, 15) is 19.2 Å². The molecule has 2 amide bonds. The molecular formula is C25H22N4O4. The highest BCUT2D eigenvalue weighted by Gasteiger charge is 2.13. The summed E-state index contributed by atoms with van der Waals surface area (Å²) in [6.07, 6.45) is 0.768.